The van der Waals surface area contributed by atoms with E-state index in [4.69, 9.17) is 9.84 Å². The van der Waals surface area contributed by atoms with E-state index in [2.05, 4.69) is 9.99 Å². The molecule has 0 aromatic heterocycles. The summed E-state index contributed by atoms with van der Waals surface area (Å²) in [4.78, 5) is 15.1. The number of aliphatic hydroxyl groups excluding tert-OH is 1. The SMILES string of the molecule is C/C(=N/OCC(O)COc1ccccc1)C(=O)O. The maximum Gasteiger partial charge on any atom is 0.353 e. The number of para-hydroxylation sites is 1. The zero-order valence-electron chi connectivity index (χ0n) is 9.94. The second-order valence-corrected chi connectivity index (χ2v) is 3.56. The van der Waals surface area contributed by atoms with Crippen LogP contribution in [0.2, 0.25) is 0 Å². The molecule has 6 nitrogen and oxygen atoms in total. The third-order valence-corrected chi connectivity index (χ3v) is 1.96. The van der Waals surface area contributed by atoms with Gasteiger partial charge in [0.25, 0.3) is 0 Å². The van der Waals surface area contributed by atoms with Gasteiger partial charge < -0.3 is 19.8 Å². The summed E-state index contributed by atoms with van der Waals surface area (Å²) in [6, 6.07) is 9.02. The number of benzene rings is 1. The Kier molecular flexibility index (Phi) is 5.66. The number of carbonyl (C=O) groups is 1. The monoisotopic (exact) mass is 253 g/mol. The number of ether oxygens (including phenoxy) is 1. The Balaban J connectivity index is 2.24. The number of aliphatic hydroxyl groups is 1. The Morgan fingerprint density at radius 3 is 2.61 bits per heavy atom. The molecule has 98 valence electrons. The molecular weight excluding hydrogens is 238 g/mol. The van der Waals surface area contributed by atoms with Crippen molar-refractivity contribution in [1.82, 2.24) is 0 Å². The Labute approximate surface area is 104 Å². The van der Waals surface area contributed by atoms with Gasteiger partial charge in [0.1, 0.15) is 25.1 Å². The predicted octanol–water partition coefficient (Wildman–Crippen LogP) is 0.903. The Morgan fingerprint density at radius 2 is 2.00 bits per heavy atom. The van der Waals surface area contributed by atoms with Crippen LogP contribution in [0.3, 0.4) is 0 Å². The molecule has 6 heteroatoms. The van der Waals surface area contributed by atoms with Crippen molar-refractivity contribution in [2.75, 3.05) is 13.2 Å². The molecule has 1 aromatic carbocycles. The van der Waals surface area contributed by atoms with Crippen LogP contribution < -0.4 is 4.74 Å². The lowest BCUT2D eigenvalue weighted by Crippen LogP contribution is -2.23. The minimum absolute atomic E-state index is 0.0473. The highest BCUT2D eigenvalue weighted by Crippen LogP contribution is 2.08. The van der Waals surface area contributed by atoms with Crippen LogP contribution in [0.4, 0.5) is 0 Å². The van der Waals surface area contributed by atoms with Crippen molar-refractivity contribution >= 4 is 11.7 Å². The number of hydrogen-bond donors (Lipinski definition) is 2. The Morgan fingerprint density at radius 1 is 1.33 bits per heavy atom. The van der Waals surface area contributed by atoms with Crippen LogP contribution in [0.15, 0.2) is 35.5 Å². The lowest BCUT2D eigenvalue weighted by atomic mass is 10.3. The number of hydrogen-bond acceptors (Lipinski definition) is 5. The summed E-state index contributed by atoms with van der Waals surface area (Å²) >= 11 is 0. The molecule has 1 rings (SSSR count). The standard InChI is InChI=1S/C12H15NO5/c1-9(12(15)16)13-18-8-10(14)7-17-11-5-3-2-4-6-11/h2-6,10,14H,7-8H2,1H3,(H,15,16)/b13-9-. The van der Waals surface area contributed by atoms with Crippen molar-refractivity contribution in [3.8, 4) is 5.75 Å². The molecule has 0 bridgehead atoms. The van der Waals surface area contributed by atoms with Gasteiger partial charge >= 0.3 is 5.97 Å². The first-order valence-electron chi connectivity index (χ1n) is 5.35. The van der Waals surface area contributed by atoms with Gasteiger partial charge in [-0.3, -0.25) is 0 Å². The predicted molar refractivity (Wildman–Crippen MR) is 64.6 cm³/mol. The normalized spacial score (nSPS) is 12.9. The molecule has 18 heavy (non-hydrogen) atoms. The molecule has 0 spiro atoms. The number of aliphatic carboxylic acids is 1. The summed E-state index contributed by atoms with van der Waals surface area (Å²) in [5.74, 6) is -0.521. The fraction of sp³-hybridized carbons (Fsp3) is 0.333. The van der Waals surface area contributed by atoms with Gasteiger partial charge in [-0.25, -0.2) is 4.79 Å². The molecule has 0 radical (unpaired) electrons. The van der Waals surface area contributed by atoms with Crippen LogP contribution in [-0.2, 0) is 9.63 Å². The summed E-state index contributed by atoms with van der Waals surface area (Å²) in [7, 11) is 0. The van der Waals surface area contributed by atoms with Crippen LogP contribution >= 0.6 is 0 Å². The number of oxime groups is 1. The Bertz CT molecular complexity index is 404. The van der Waals surface area contributed by atoms with Crippen LogP contribution in [0, 0.1) is 0 Å². The zero-order chi connectivity index (χ0) is 13.4. The molecule has 0 saturated carbocycles. The molecule has 0 aliphatic carbocycles. The first kappa shape index (κ1) is 14.0. The molecule has 1 aromatic rings. The van der Waals surface area contributed by atoms with Gasteiger partial charge in [-0.2, -0.15) is 0 Å². The second kappa shape index (κ2) is 7.29. The molecule has 0 aliphatic rings. The minimum atomic E-state index is -1.16. The van der Waals surface area contributed by atoms with E-state index >= 15 is 0 Å². The van der Waals surface area contributed by atoms with E-state index in [-0.39, 0.29) is 18.9 Å². The molecule has 0 aliphatic heterocycles. The summed E-state index contributed by atoms with van der Waals surface area (Å²) in [6.45, 7) is 1.22. The van der Waals surface area contributed by atoms with Gasteiger partial charge in [0.2, 0.25) is 0 Å². The molecule has 1 atom stereocenters. The largest absolute Gasteiger partial charge is 0.491 e. The van der Waals surface area contributed by atoms with Gasteiger partial charge in [0.15, 0.2) is 5.71 Å². The van der Waals surface area contributed by atoms with Gasteiger partial charge in [-0.15, -0.1) is 0 Å². The van der Waals surface area contributed by atoms with Crippen LogP contribution in [0.25, 0.3) is 0 Å². The van der Waals surface area contributed by atoms with Gasteiger partial charge in [0, 0.05) is 0 Å². The second-order valence-electron chi connectivity index (χ2n) is 3.56. The topological polar surface area (TPSA) is 88.4 Å². The molecule has 0 amide bonds. The molecule has 0 saturated heterocycles. The average Bonchev–Trinajstić information content (AvgIpc) is 2.37. The van der Waals surface area contributed by atoms with Gasteiger partial charge in [-0.1, -0.05) is 23.4 Å². The number of carboxylic acids is 1. The van der Waals surface area contributed by atoms with Crippen LogP contribution in [0.1, 0.15) is 6.92 Å². The summed E-state index contributed by atoms with van der Waals surface area (Å²) in [5, 5.41) is 21.3. The molecule has 0 fully saturated rings. The van der Waals surface area contributed by atoms with E-state index in [1.54, 1.807) is 12.1 Å². The van der Waals surface area contributed by atoms with Crippen LogP contribution in [0.5, 0.6) is 5.75 Å². The first-order valence-corrected chi connectivity index (χ1v) is 5.35. The molecule has 0 heterocycles. The first-order chi connectivity index (χ1) is 8.59. The van der Waals surface area contributed by atoms with E-state index in [9.17, 15) is 9.90 Å². The quantitative estimate of drug-likeness (QED) is 0.557. The van der Waals surface area contributed by atoms with Crippen molar-refractivity contribution in [2.45, 2.75) is 13.0 Å². The maximum absolute atomic E-state index is 10.4. The average molecular weight is 253 g/mol. The minimum Gasteiger partial charge on any atom is -0.491 e. The van der Waals surface area contributed by atoms with Crippen molar-refractivity contribution in [2.24, 2.45) is 5.16 Å². The summed E-state index contributed by atoms with van der Waals surface area (Å²) < 4.78 is 5.28. The highest BCUT2D eigenvalue weighted by atomic mass is 16.6. The van der Waals surface area contributed by atoms with E-state index in [1.807, 2.05) is 18.2 Å². The highest BCUT2D eigenvalue weighted by molar-refractivity contribution is 6.34. The fourth-order valence-electron chi connectivity index (χ4n) is 1.02. The van der Waals surface area contributed by atoms with E-state index in [0.717, 1.165) is 0 Å². The highest BCUT2D eigenvalue weighted by Gasteiger charge is 2.07. The number of carboxylic acid groups (broad SMARTS) is 1. The number of nitrogens with zero attached hydrogens (tertiary/aromatic N) is 1. The number of rotatable bonds is 7. The van der Waals surface area contributed by atoms with E-state index in [1.165, 1.54) is 6.92 Å². The van der Waals surface area contributed by atoms with Gasteiger partial charge in [-0.05, 0) is 19.1 Å². The molecular formula is C12H15NO5. The summed E-state index contributed by atoms with van der Waals surface area (Å²) in [6.07, 6.45) is -0.879. The van der Waals surface area contributed by atoms with E-state index in [0.29, 0.717) is 5.75 Å². The lowest BCUT2D eigenvalue weighted by molar-refractivity contribution is -0.129. The smallest absolute Gasteiger partial charge is 0.353 e. The Hall–Kier alpha value is -2.08. The molecule has 2 N–H and O–H groups in total. The van der Waals surface area contributed by atoms with Crippen molar-refractivity contribution in [3.05, 3.63) is 30.3 Å². The van der Waals surface area contributed by atoms with Crippen molar-refractivity contribution < 1.29 is 24.6 Å². The van der Waals surface area contributed by atoms with Crippen molar-refractivity contribution in [1.29, 1.82) is 0 Å². The third kappa shape index (κ3) is 5.31. The van der Waals surface area contributed by atoms with Crippen LogP contribution in [-0.4, -0.2) is 41.2 Å². The maximum atomic E-state index is 10.4. The lowest BCUT2D eigenvalue weighted by Gasteiger charge is -2.11. The van der Waals surface area contributed by atoms with Crippen molar-refractivity contribution in [3.63, 3.8) is 0 Å². The molecule has 1 unspecified atom stereocenters. The third-order valence-electron chi connectivity index (χ3n) is 1.96. The van der Waals surface area contributed by atoms with E-state index < -0.39 is 12.1 Å². The fourth-order valence-corrected chi connectivity index (χ4v) is 1.02. The van der Waals surface area contributed by atoms with Gasteiger partial charge in [0.05, 0.1) is 0 Å². The summed E-state index contributed by atoms with van der Waals surface area (Å²) in [5.41, 5.74) is -0.175. The zero-order valence-corrected chi connectivity index (χ0v) is 9.94.